The van der Waals surface area contributed by atoms with Crippen LogP contribution in [0.25, 0.3) is 6.08 Å². The lowest BCUT2D eigenvalue weighted by molar-refractivity contribution is -0.155. The van der Waals surface area contributed by atoms with Gasteiger partial charge in [0.1, 0.15) is 11.9 Å². The van der Waals surface area contributed by atoms with Crippen molar-refractivity contribution in [3.63, 3.8) is 0 Å². The molecular formula is C28H45NO6S. The maximum absolute atomic E-state index is 13.2. The first-order valence-electron chi connectivity index (χ1n) is 13.0. The fourth-order valence-electron chi connectivity index (χ4n) is 5.01. The van der Waals surface area contributed by atoms with Gasteiger partial charge in [-0.1, -0.05) is 41.0 Å². The number of aromatic nitrogens is 1. The summed E-state index contributed by atoms with van der Waals surface area (Å²) in [5.74, 6) is -1.36. The molecule has 2 heterocycles. The van der Waals surface area contributed by atoms with Crippen molar-refractivity contribution in [3.05, 3.63) is 21.7 Å². The lowest BCUT2D eigenvalue weighted by Gasteiger charge is -2.35. The van der Waals surface area contributed by atoms with Gasteiger partial charge < -0.3 is 19.7 Å². The van der Waals surface area contributed by atoms with E-state index in [0.29, 0.717) is 6.42 Å². The van der Waals surface area contributed by atoms with Crippen LogP contribution >= 0.6 is 11.3 Å². The summed E-state index contributed by atoms with van der Waals surface area (Å²) in [6.07, 6.45) is 1.88. The van der Waals surface area contributed by atoms with E-state index in [1.807, 2.05) is 32.2 Å². The highest BCUT2D eigenvalue weighted by molar-refractivity contribution is 7.09. The first-order valence-corrected chi connectivity index (χ1v) is 13.9. The number of thiazole rings is 1. The predicted molar refractivity (Wildman–Crippen MR) is 143 cm³/mol. The topological polar surface area (TPSA) is 106 Å². The quantitative estimate of drug-likeness (QED) is 0.539. The summed E-state index contributed by atoms with van der Waals surface area (Å²) in [7, 11) is 1.67. The summed E-state index contributed by atoms with van der Waals surface area (Å²) in [6.45, 7) is 12.9. The van der Waals surface area contributed by atoms with Crippen molar-refractivity contribution >= 4 is 29.2 Å². The molecule has 0 aliphatic carbocycles. The zero-order chi connectivity index (χ0) is 27.2. The molecule has 2 rings (SSSR count). The number of carbonyl (C=O) groups is 2. The van der Waals surface area contributed by atoms with Gasteiger partial charge >= 0.3 is 5.97 Å². The minimum Gasteiger partial charge on any atom is -0.458 e. The molecule has 7 atom stereocenters. The van der Waals surface area contributed by atoms with E-state index < -0.39 is 35.6 Å². The molecule has 1 aliphatic heterocycles. The number of aliphatic hydroxyl groups excluding tert-OH is 2. The number of ether oxygens (including phenoxy) is 2. The summed E-state index contributed by atoms with van der Waals surface area (Å²) in [5, 5.41) is 24.7. The van der Waals surface area contributed by atoms with E-state index in [1.54, 1.807) is 39.2 Å². The monoisotopic (exact) mass is 523 g/mol. The van der Waals surface area contributed by atoms with Crippen molar-refractivity contribution in [1.82, 2.24) is 4.98 Å². The first-order chi connectivity index (χ1) is 16.8. The lowest BCUT2D eigenvalue weighted by Crippen LogP contribution is -2.45. The second-order valence-electron chi connectivity index (χ2n) is 11.1. The SMILES string of the molecule is CO[C@H]1C[C@@H](/C(C)=C/c2csc(C)n2)OC(=O)CC(O)C(C)(C)C(=O)[C@H](C)[C@@H](O)[C@@H](C)CCC[C@@H]1C. The van der Waals surface area contributed by atoms with Gasteiger partial charge in [0.05, 0.1) is 40.8 Å². The Morgan fingerprint density at radius 2 is 1.83 bits per heavy atom. The molecule has 8 heteroatoms. The number of hydrogen-bond donors (Lipinski definition) is 2. The van der Waals surface area contributed by atoms with Gasteiger partial charge in [-0.2, -0.15) is 0 Å². The molecule has 0 saturated carbocycles. The predicted octanol–water partition coefficient (Wildman–Crippen LogP) is 4.97. The number of aliphatic hydroxyl groups is 2. The molecule has 0 aromatic carbocycles. The van der Waals surface area contributed by atoms with Crippen LogP contribution in [0.5, 0.6) is 0 Å². The fourth-order valence-corrected chi connectivity index (χ4v) is 5.58. The van der Waals surface area contributed by atoms with Crippen LogP contribution in [0.2, 0.25) is 0 Å². The Kier molecular flexibility index (Phi) is 11.3. The van der Waals surface area contributed by atoms with Gasteiger partial charge in [0, 0.05) is 24.8 Å². The van der Waals surface area contributed by atoms with Crippen molar-refractivity contribution in [2.24, 2.45) is 23.2 Å². The van der Waals surface area contributed by atoms with Gasteiger partial charge in [-0.15, -0.1) is 11.3 Å². The molecular weight excluding hydrogens is 478 g/mol. The summed E-state index contributed by atoms with van der Waals surface area (Å²) >= 11 is 1.56. The Balaban J connectivity index is 2.37. The Bertz CT molecular complexity index is 910. The smallest absolute Gasteiger partial charge is 0.309 e. The molecule has 204 valence electrons. The standard InChI is InChI=1S/C28H45NO6S/c1-16-10-9-11-17(2)26(32)19(4)27(33)28(6,7)24(30)14-25(31)35-23(13-22(16)34-8)18(3)12-21-15-36-20(5)29-21/h12,15-17,19,22-24,26,30,32H,9-11,13-14H2,1-8H3/b18-12+/t16-,17-,19+,22-,23-,24?,26-/m0/s1. The molecule has 1 fully saturated rings. The number of hydrogen-bond acceptors (Lipinski definition) is 8. The number of carbonyl (C=O) groups excluding carboxylic acids is 2. The van der Waals surface area contributed by atoms with Crippen LogP contribution in [-0.2, 0) is 19.1 Å². The average molecular weight is 524 g/mol. The third-order valence-corrected chi connectivity index (χ3v) is 8.63. The van der Waals surface area contributed by atoms with E-state index in [-0.39, 0.29) is 30.1 Å². The number of Topliss-reactive ketones (excluding diaryl/α,β-unsaturated/α-hetero) is 1. The molecule has 1 saturated heterocycles. The molecule has 0 spiro atoms. The molecule has 1 unspecified atom stereocenters. The number of methoxy groups -OCH3 is 1. The molecule has 7 nitrogen and oxygen atoms in total. The molecule has 0 radical (unpaired) electrons. The molecule has 1 aromatic rings. The van der Waals surface area contributed by atoms with Crippen molar-refractivity contribution < 1.29 is 29.3 Å². The second-order valence-corrected chi connectivity index (χ2v) is 12.2. The summed E-state index contributed by atoms with van der Waals surface area (Å²) in [6, 6.07) is 0. The van der Waals surface area contributed by atoms with Crippen LogP contribution in [0.15, 0.2) is 11.0 Å². The number of rotatable bonds is 3. The summed E-state index contributed by atoms with van der Waals surface area (Å²) in [4.78, 5) is 30.7. The van der Waals surface area contributed by atoms with Crippen molar-refractivity contribution in [1.29, 1.82) is 0 Å². The second kappa shape index (κ2) is 13.3. The van der Waals surface area contributed by atoms with Gasteiger partial charge in [0.15, 0.2) is 0 Å². The van der Waals surface area contributed by atoms with Crippen LogP contribution in [0.1, 0.15) is 84.3 Å². The highest BCUT2D eigenvalue weighted by Gasteiger charge is 2.42. The van der Waals surface area contributed by atoms with Crippen molar-refractivity contribution in [3.8, 4) is 0 Å². The first kappa shape index (κ1) is 30.6. The van der Waals surface area contributed by atoms with Gasteiger partial charge in [-0.3, -0.25) is 9.59 Å². The van der Waals surface area contributed by atoms with E-state index in [1.165, 1.54) is 0 Å². The number of esters is 1. The third kappa shape index (κ3) is 7.94. The van der Waals surface area contributed by atoms with E-state index in [2.05, 4.69) is 11.9 Å². The number of ketones is 1. The Labute approximate surface area is 220 Å². The van der Waals surface area contributed by atoms with Gasteiger partial charge in [-0.05, 0) is 50.2 Å². The van der Waals surface area contributed by atoms with E-state index >= 15 is 0 Å². The fraction of sp³-hybridized carbons (Fsp3) is 0.750. The highest BCUT2D eigenvalue weighted by Crippen LogP contribution is 2.33. The molecule has 0 amide bonds. The molecule has 2 N–H and O–H groups in total. The zero-order valence-corrected chi connectivity index (χ0v) is 23.9. The van der Waals surface area contributed by atoms with Gasteiger partial charge in [0.25, 0.3) is 0 Å². The van der Waals surface area contributed by atoms with E-state index in [0.717, 1.165) is 35.5 Å². The van der Waals surface area contributed by atoms with Crippen molar-refractivity contribution in [2.75, 3.05) is 7.11 Å². The van der Waals surface area contributed by atoms with Crippen LogP contribution in [0.3, 0.4) is 0 Å². The average Bonchev–Trinajstić information content (AvgIpc) is 3.23. The Hall–Kier alpha value is -1.61. The van der Waals surface area contributed by atoms with E-state index in [9.17, 15) is 19.8 Å². The molecule has 0 bridgehead atoms. The summed E-state index contributed by atoms with van der Waals surface area (Å²) < 4.78 is 11.7. The molecule has 36 heavy (non-hydrogen) atoms. The summed E-state index contributed by atoms with van der Waals surface area (Å²) in [5.41, 5.74) is 0.450. The Morgan fingerprint density at radius 1 is 1.19 bits per heavy atom. The minimum absolute atomic E-state index is 0.0672. The molecule has 1 aliphatic rings. The Morgan fingerprint density at radius 3 is 2.42 bits per heavy atom. The minimum atomic E-state index is -1.24. The largest absolute Gasteiger partial charge is 0.458 e. The zero-order valence-electron chi connectivity index (χ0n) is 23.1. The van der Waals surface area contributed by atoms with Crippen LogP contribution in [-0.4, -0.2) is 58.5 Å². The number of aryl methyl sites for hydroxylation is 1. The van der Waals surface area contributed by atoms with Crippen molar-refractivity contribution in [2.45, 2.75) is 105 Å². The third-order valence-electron chi connectivity index (χ3n) is 7.83. The van der Waals surface area contributed by atoms with Crippen LogP contribution in [0.4, 0.5) is 0 Å². The number of cyclic esters (lactones) is 1. The maximum atomic E-state index is 13.2. The maximum Gasteiger partial charge on any atom is 0.309 e. The van der Waals surface area contributed by atoms with Crippen LogP contribution in [0, 0.1) is 30.1 Å². The highest BCUT2D eigenvalue weighted by atomic mass is 32.1. The molecule has 1 aromatic heterocycles. The van der Waals surface area contributed by atoms with Gasteiger partial charge in [0.2, 0.25) is 0 Å². The normalized spacial score (nSPS) is 33.8. The van der Waals surface area contributed by atoms with Gasteiger partial charge in [-0.25, -0.2) is 4.98 Å². The number of nitrogens with zero attached hydrogens (tertiary/aromatic N) is 1. The van der Waals surface area contributed by atoms with Crippen LogP contribution < -0.4 is 0 Å². The van der Waals surface area contributed by atoms with E-state index in [4.69, 9.17) is 9.47 Å². The lowest BCUT2D eigenvalue weighted by atomic mass is 9.73.